The molecule has 1 spiro atoms. The van der Waals surface area contributed by atoms with Crippen molar-refractivity contribution in [1.29, 1.82) is 0 Å². The highest BCUT2D eigenvalue weighted by Crippen LogP contribution is 2.64. The molecule has 0 saturated heterocycles. The Morgan fingerprint density at radius 1 is 0.243 bits per heavy atom. The maximum Gasteiger partial charge on any atom is 0.0725 e. The van der Waals surface area contributed by atoms with E-state index < -0.39 is 16.9 Å². The maximum atomic E-state index is 9.12. The summed E-state index contributed by atoms with van der Waals surface area (Å²) in [5.41, 5.74) is 19.9. The van der Waals surface area contributed by atoms with Crippen molar-refractivity contribution in [3.63, 3.8) is 0 Å². The normalized spacial score (nSPS) is 16.0. The molecule has 0 bridgehead atoms. The number of anilines is 6. The Kier molecular flexibility index (Phi) is 7.95. The third kappa shape index (κ3) is 5.68. The molecule has 2 heteroatoms. The standard InChI is InChI=1S/C68H46N2/c1-6-22-47(23-7-1)67(48-24-8-2-9-25-48)61-35-19-16-32-55(61)58-41-38-54(46-66(58)67)70(51-30-14-5-15-31-51)53-40-43-65-60(45-53)57-34-18-21-37-63(57)68(65)62-36-20-17-33-56(62)59-44-52(39-42-64(59)68)69(49-26-10-3-11-27-49)50-28-12-4-13-29-50/h1-46H/i3D,10D,11D,26D,27D. The van der Waals surface area contributed by atoms with E-state index in [-0.39, 0.29) is 29.9 Å². The Bertz CT molecular complexity index is 4020. The number of hydrogen-bond acceptors (Lipinski definition) is 2. The van der Waals surface area contributed by atoms with Crippen molar-refractivity contribution >= 4 is 34.1 Å². The van der Waals surface area contributed by atoms with Gasteiger partial charge in [-0.15, -0.1) is 0 Å². The molecule has 0 aromatic heterocycles. The summed E-state index contributed by atoms with van der Waals surface area (Å²) in [5, 5.41) is 0. The lowest BCUT2D eigenvalue weighted by molar-refractivity contribution is 0.768. The van der Waals surface area contributed by atoms with Crippen molar-refractivity contribution < 1.29 is 6.85 Å². The largest absolute Gasteiger partial charge is 0.310 e. The Morgan fingerprint density at radius 2 is 0.600 bits per heavy atom. The van der Waals surface area contributed by atoms with Gasteiger partial charge in [-0.3, -0.25) is 0 Å². The summed E-state index contributed by atoms with van der Waals surface area (Å²) in [6.07, 6.45) is 0. The van der Waals surface area contributed by atoms with E-state index in [0.717, 1.165) is 44.9 Å². The molecular formula is C68H46N2. The van der Waals surface area contributed by atoms with E-state index >= 15 is 0 Å². The summed E-state index contributed by atoms with van der Waals surface area (Å²) in [6, 6.07) is 87.2. The van der Waals surface area contributed by atoms with E-state index in [1.165, 1.54) is 50.1 Å². The highest BCUT2D eigenvalue weighted by atomic mass is 15.1. The number of para-hydroxylation sites is 3. The molecule has 0 amide bonds. The van der Waals surface area contributed by atoms with Gasteiger partial charge in [-0.1, -0.05) is 206 Å². The molecule has 11 aromatic rings. The summed E-state index contributed by atoms with van der Waals surface area (Å²) in [5.74, 6) is 0. The summed E-state index contributed by atoms with van der Waals surface area (Å²) < 4.78 is 44.0. The van der Waals surface area contributed by atoms with E-state index in [0.29, 0.717) is 11.4 Å². The average molecular weight is 896 g/mol. The van der Waals surface area contributed by atoms with Crippen LogP contribution in [0.1, 0.15) is 51.4 Å². The van der Waals surface area contributed by atoms with Crippen LogP contribution in [0.5, 0.6) is 0 Å². The molecule has 14 rings (SSSR count). The van der Waals surface area contributed by atoms with Gasteiger partial charge in [-0.25, -0.2) is 0 Å². The third-order valence-electron chi connectivity index (χ3n) is 15.0. The van der Waals surface area contributed by atoms with Gasteiger partial charge < -0.3 is 9.80 Å². The fourth-order valence-corrected chi connectivity index (χ4v) is 12.3. The first kappa shape index (κ1) is 35.2. The van der Waals surface area contributed by atoms with Crippen LogP contribution < -0.4 is 9.80 Å². The van der Waals surface area contributed by atoms with Crippen molar-refractivity contribution in [3.05, 3.63) is 323 Å². The van der Waals surface area contributed by atoms with Crippen LogP contribution in [0.4, 0.5) is 34.1 Å². The maximum absolute atomic E-state index is 9.12. The summed E-state index contributed by atoms with van der Waals surface area (Å²) in [4.78, 5) is 4.20. The lowest BCUT2D eigenvalue weighted by Crippen LogP contribution is -2.28. The van der Waals surface area contributed by atoms with Gasteiger partial charge in [0.2, 0.25) is 0 Å². The molecule has 3 aliphatic carbocycles. The molecule has 1 atom stereocenters. The summed E-state index contributed by atoms with van der Waals surface area (Å²) in [7, 11) is 0. The summed E-state index contributed by atoms with van der Waals surface area (Å²) in [6.45, 7) is 0. The quantitative estimate of drug-likeness (QED) is 0.150. The van der Waals surface area contributed by atoms with Crippen LogP contribution in [0, 0.1) is 0 Å². The molecule has 0 saturated carbocycles. The molecule has 328 valence electrons. The monoisotopic (exact) mass is 895 g/mol. The molecule has 0 N–H and O–H groups in total. The zero-order valence-electron chi connectivity index (χ0n) is 43.1. The lowest BCUT2D eigenvalue weighted by atomic mass is 9.67. The van der Waals surface area contributed by atoms with Crippen LogP contribution in [0.25, 0.3) is 33.4 Å². The Labute approximate surface area is 416 Å². The average Bonchev–Trinajstić information content (AvgIpc) is 4.26. The van der Waals surface area contributed by atoms with E-state index in [2.05, 4.69) is 217 Å². The number of hydrogen-bond donors (Lipinski definition) is 0. The molecule has 11 aromatic carbocycles. The molecular weight excluding hydrogens is 845 g/mol. The molecule has 70 heavy (non-hydrogen) atoms. The molecule has 3 aliphatic rings. The van der Waals surface area contributed by atoms with Gasteiger partial charge in [0.1, 0.15) is 0 Å². The SMILES string of the molecule is [2H]c1c([2H])c([2H])c(N(c2ccccc2)c2ccc3c(c2)-c2ccccc2C32c3ccccc3-c3cc(N(c4ccccc4)c4ccc5c(c4)C(c4ccccc4)(c4ccccc4)c4ccccc4-5)ccc32)c([2H])c1[2H]. The highest BCUT2D eigenvalue weighted by molar-refractivity contribution is 5.98. The fraction of sp³-hybridized carbons (Fsp3) is 0.0294. The van der Waals surface area contributed by atoms with Gasteiger partial charge in [-0.05, 0) is 151 Å². The van der Waals surface area contributed by atoms with Crippen LogP contribution in [-0.4, -0.2) is 0 Å². The number of nitrogens with zero attached hydrogens (tertiary/aromatic N) is 2. The van der Waals surface area contributed by atoms with Crippen LogP contribution >= 0.6 is 0 Å². The minimum atomic E-state index is -0.675. The second-order valence-electron chi connectivity index (χ2n) is 18.4. The zero-order valence-corrected chi connectivity index (χ0v) is 38.1. The first-order valence-corrected chi connectivity index (χ1v) is 23.9. The van der Waals surface area contributed by atoms with E-state index in [9.17, 15) is 0 Å². The molecule has 0 fully saturated rings. The second kappa shape index (κ2) is 15.8. The van der Waals surface area contributed by atoms with Crippen molar-refractivity contribution in [2.45, 2.75) is 10.8 Å². The summed E-state index contributed by atoms with van der Waals surface area (Å²) >= 11 is 0. The van der Waals surface area contributed by atoms with E-state index in [1.54, 1.807) is 4.90 Å². The first-order valence-electron chi connectivity index (χ1n) is 26.4. The smallest absolute Gasteiger partial charge is 0.0725 e. The number of rotatable bonds is 8. The van der Waals surface area contributed by atoms with Gasteiger partial charge in [0, 0.05) is 34.1 Å². The predicted molar refractivity (Wildman–Crippen MR) is 289 cm³/mol. The minimum absolute atomic E-state index is 0.0962. The van der Waals surface area contributed by atoms with Gasteiger partial charge in [0.25, 0.3) is 0 Å². The first-order chi connectivity index (χ1) is 36.8. The lowest BCUT2D eigenvalue weighted by Gasteiger charge is -2.35. The third-order valence-corrected chi connectivity index (χ3v) is 15.0. The van der Waals surface area contributed by atoms with Gasteiger partial charge in [0.15, 0.2) is 0 Å². The molecule has 0 aliphatic heterocycles. The fourth-order valence-electron chi connectivity index (χ4n) is 12.3. The predicted octanol–water partition coefficient (Wildman–Crippen LogP) is 17.3. The minimum Gasteiger partial charge on any atom is -0.310 e. The Balaban J connectivity index is 0.969. The van der Waals surface area contributed by atoms with Crippen LogP contribution in [0.2, 0.25) is 0 Å². The van der Waals surface area contributed by atoms with Crippen molar-refractivity contribution in [1.82, 2.24) is 0 Å². The number of fused-ring (bicyclic) bond motifs is 13. The molecule has 1 unspecified atom stereocenters. The Morgan fingerprint density at radius 3 is 1.10 bits per heavy atom. The molecule has 0 heterocycles. The second-order valence-corrected chi connectivity index (χ2v) is 18.4. The van der Waals surface area contributed by atoms with Gasteiger partial charge in [0.05, 0.1) is 17.7 Å². The number of benzene rings is 11. The highest BCUT2D eigenvalue weighted by Gasteiger charge is 2.52. The van der Waals surface area contributed by atoms with Crippen molar-refractivity contribution in [2.75, 3.05) is 9.80 Å². The zero-order chi connectivity index (χ0) is 50.6. The Hall–Kier alpha value is -8.98. The van der Waals surface area contributed by atoms with Gasteiger partial charge >= 0.3 is 0 Å². The van der Waals surface area contributed by atoms with Gasteiger partial charge in [-0.2, -0.15) is 0 Å². The molecule has 2 nitrogen and oxygen atoms in total. The van der Waals surface area contributed by atoms with Crippen LogP contribution in [0.15, 0.2) is 279 Å². The van der Waals surface area contributed by atoms with Crippen molar-refractivity contribution in [3.8, 4) is 33.4 Å². The van der Waals surface area contributed by atoms with Crippen molar-refractivity contribution in [2.24, 2.45) is 0 Å². The topological polar surface area (TPSA) is 6.48 Å². The van der Waals surface area contributed by atoms with Crippen LogP contribution in [-0.2, 0) is 10.8 Å². The van der Waals surface area contributed by atoms with E-state index in [4.69, 9.17) is 6.85 Å². The van der Waals surface area contributed by atoms with E-state index in [1.807, 2.05) is 36.4 Å². The molecule has 0 radical (unpaired) electrons. The van der Waals surface area contributed by atoms with Crippen LogP contribution in [0.3, 0.4) is 0 Å².